The molecule has 192 valence electrons. The van der Waals surface area contributed by atoms with E-state index in [2.05, 4.69) is 24.8 Å². The number of likely N-dealkylation sites (N-methyl/N-ethyl adjacent to an activating group) is 1. The van der Waals surface area contributed by atoms with Crippen LogP contribution >= 0.6 is 0 Å². The lowest BCUT2D eigenvalue weighted by Gasteiger charge is -2.28. The Morgan fingerprint density at radius 3 is 2.30 bits per heavy atom. The molecule has 1 fully saturated rings. The smallest absolute Gasteiger partial charge is 0.295 e. The Kier molecular flexibility index (Phi) is 8.41. The van der Waals surface area contributed by atoms with E-state index >= 15 is 0 Å². The molecule has 1 amide bonds. The third-order valence-electron chi connectivity index (χ3n) is 6.82. The fraction of sp³-hybridized carbons (Fsp3) is 0.290. The van der Waals surface area contributed by atoms with E-state index in [4.69, 9.17) is 4.74 Å². The molecule has 1 saturated heterocycles. The summed E-state index contributed by atoms with van der Waals surface area (Å²) in [5, 5.41) is 11.3. The van der Waals surface area contributed by atoms with Gasteiger partial charge in [0.05, 0.1) is 11.6 Å². The number of ether oxygens (including phenoxy) is 1. The number of hydrogen-bond acceptors (Lipinski definition) is 5. The van der Waals surface area contributed by atoms with E-state index in [0.717, 1.165) is 24.2 Å². The number of benzene rings is 3. The molecule has 1 aliphatic heterocycles. The van der Waals surface area contributed by atoms with Gasteiger partial charge >= 0.3 is 0 Å². The molecule has 0 aromatic heterocycles. The first-order valence-corrected chi connectivity index (χ1v) is 12.8. The summed E-state index contributed by atoms with van der Waals surface area (Å²) in [5.41, 5.74) is 3.61. The fourth-order valence-electron chi connectivity index (χ4n) is 4.71. The summed E-state index contributed by atoms with van der Waals surface area (Å²) in [6, 6.07) is 23.8. The number of Topliss-reactive ketones (excluding diaryl/α,β-unsaturated/α-hetero) is 1. The summed E-state index contributed by atoms with van der Waals surface area (Å²) in [5.74, 6) is -0.772. The molecule has 0 saturated carbocycles. The Morgan fingerprint density at radius 1 is 0.946 bits per heavy atom. The van der Waals surface area contributed by atoms with Crippen LogP contribution in [0.5, 0.6) is 5.75 Å². The second-order valence-corrected chi connectivity index (χ2v) is 9.23. The average molecular weight is 499 g/mol. The number of aliphatic hydroxyl groups is 1. The van der Waals surface area contributed by atoms with Crippen molar-refractivity contribution >= 4 is 17.4 Å². The highest BCUT2D eigenvalue weighted by Gasteiger charge is 2.45. The van der Waals surface area contributed by atoms with Crippen LogP contribution in [0.4, 0.5) is 0 Å². The van der Waals surface area contributed by atoms with Gasteiger partial charge in [-0.15, -0.1) is 0 Å². The molecular formula is C31H34N2O4. The molecule has 6 nitrogen and oxygen atoms in total. The fourth-order valence-corrected chi connectivity index (χ4v) is 4.71. The van der Waals surface area contributed by atoms with Crippen molar-refractivity contribution in [2.24, 2.45) is 0 Å². The van der Waals surface area contributed by atoms with Crippen LogP contribution in [0.25, 0.3) is 5.76 Å². The van der Waals surface area contributed by atoms with Gasteiger partial charge in [-0.3, -0.25) is 9.59 Å². The molecule has 1 N–H and O–H groups in total. The van der Waals surface area contributed by atoms with Crippen molar-refractivity contribution in [1.82, 2.24) is 9.80 Å². The molecule has 0 unspecified atom stereocenters. The molecule has 1 atom stereocenters. The normalized spacial score (nSPS) is 17.0. The van der Waals surface area contributed by atoms with Crippen molar-refractivity contribution in [3.8, 4) is 5.75 Å². The highest BCUT2D eigenvalue weighted by Crippen LogP contribution is 2.39. The summed E-state index contributed by atoms with van der Waals surface area (Å²) in [6.45, 7) is 9.37. The van der Waals surface area contributed by atoms with E-state index in [0.29, 0.717) is 31.0 Å². The van der Waals surface area contributed by atoms with Gasteiger partial charge in [-0.1, -0.05) is 74.0 Å². The third kappa shape index (κ3) is 5.92. The van der Waals surface area contributed by atoms with Gasteiger partial charge in [-0.05, 0) is 55.4 Å². The Hall–Kier alpha value is -3.90. The van der Waals surface area contributed by atoms with E-state index < -0.39 is 17.7 Å². The van der Waals surface area contributed by atoms with Gasteiger partial charge in [0, 0.05) is 18.7 Å². The number of carbonyl (C=O) groups excluding carboxylic acids is 2. The Morgan fingerprint density at radius 2 is 1.65 bits per heavy atom. The summed E-state index contributed by atoms with van der Waals surface area (Å²) in [6.07, 6.45) is 0. The van der Waals surface area contributed by atoms with Crippen molar-refractivity contribution in [3.63, 3.8) is 0 Å². The number of aryl methyl sites for hydroxylation is 1. The van der Waals surface area contributed by atoms with Gasteiger partial charge in [0.25, 0.3) is 11.7 Å². The number of carbonyl (C=O) groups is 2. The molecule has 3 aromatic rings. The average Bonchev–Trinajstić information content (AvgIpc) is 3.18. The molecule has 3 aromatic carbocycles. The summed E-state index contributed by atoms with van der Waals surface area (Å²) in [7, 11) is 0. The Labute approximate surface area is 218 Å². The van der Waals surface area contributed by atoms with E-state index in [1.54, 1.807) is 29.2 Å². The van der Waals surface area contributed by atoms with Gasteiger partial charge in [0.2, 0.25) is 0 Å². The highest BCUT2D eigenvalue weighted by atomic mass is 16.5. The lowest BCUT2D eigenvalue weighted by atomic mass is 9.95. The van der Waals surface area contributed by atoms with E-state index in [1.165, 1.54) is 5.56 Å². The zero-order valence-electron chi connectivity index (χ0n) is 21.7. The van der Waals surface area contributed by atoms with Crippen LogP contribution in [0.3, 0.4) is 0 Å². The number of ketones is 1. The SMILES string of the molecule is CCN(CC)CCN1C(=O)C(=O)C(=C(O)c2ccc(OCc3cccc(C)c3)cc2)[C@@H]1c1ccccc1. The molecule has 37 heavy (non-hydrogen) atoms. The number of likely N-dealkylation sites (tertiary alicyclic amines) is 1. The first kappa shape index (κ1) is 26.2. The third-order valence-corrected chi connectivity index (χ3v) is 6.82. The van der Waals surface area contributed by atoms with Crippen molar-refractivity contribution < 1.29 is 19.4 Å². The predicted octanol–water partition coefficient (Wildman–Crippen LogP) is 5.34. The number of hydrogen-bond donors (Lipinski definition) is 1. The first-order valence-electron chi connectivity index (χ1n) is 12.8. The van der Waals surface area contributed by atoms with E-state index in [-0.39, 0.29) is 11.3 Å². The Balaban J connectivity index is 1.61. The monoisotopic (exact) mass is 498 g/mol. The molecule has 0 radical (unpaired) electrons. The van der Waals surface area contributed by atoms with Crippen molar-refractivity contribution in [2.45, 2.75) is 33.4 Å². The van der Waals surface area contributed by atoms with Crippen LogP contribution in [0, 0.1) is 6.92 Å². The minimum atomic E-state index is -0.661. The molecular weight excluding hydrogens is 464 g/mol. The van der Waals surface area contributed by atoms with Gasteiger partial charge in [-0.2, -0.15) is 0 Å². The van der Waals surface area contributed by atoms with Crippen LogP contribution in [0.1, 0.15) is 42.1 Å². The minimum absolute atomic E-state index is 0.115. The van der Waals surface area contributed by atoms with Crippen LogP contribution in [0.15, 0.2) is 84.4 Å². The van der Waals surface area contributed by atoms with E-state index in [1.807, 2.05) is 55.5 Å². The van der Waals surface area contributed by atoms with Crippen LogP contribution in [0.2, 0.25) is 0 Å². The van der Waals surface area contributed by atoms with Gasteiger partial charge < -0.3 is 19.6 Å². The highest BCUT2D eigenvalue weighted by molar-refractivity contribution is 6.46. The zero-order chi connectivity index (χ0) is 26.4. The summed E-state index contributed by atoms with van der Waals surface area (Å²) < 4.78 is 5.90. The largest absolute Gasteiger partial charge is 0.507 e. The number of amides is 1. The minimum Gasteiger partial charge on any atom is -0.507 e. The van der Waals surface area contributed by atoms with Crippen molar-refractivity contribution in [1.29, 1.82) is 0 Å². The first-order chi connectivity index (χ1) is 17.9. The van der Waals surface area contributed by atoms with Crippen LogP contribution < -0.4 is 4.74 Å². The van der Waals surface area contributed by atoms with Crippen LogP contribution in [-0.4, -0.2) is 52.8 Å². The second-order valence-electron chi connectivity index (χ2n) is 9.23. The van der Waals surface area contributed by atoms with E-state index in [9.17, 15) is 14.7 Å². The van der Waals surface area contributed by atoms with Crippen molar-refractivity contribution in [2.75, 3.05) is 26.2 Å². The zero-order valence-corrected chi connectivity index (χ0v) is 21.7. The van der Waals surface area contributed by atoms with Crippen molar-refractivity contribution in [3.05, 3.63) is 107 Å². The quantitative estimate of drug-likeness (QED) is 0.232. The lowest BCUT2D eigenvalue weighted by molar-refractivity contribution is -0.140. The number of nitrogens with zero attached hydrogens (tertiary/aromatic N) is 2. The maximum atomic E-state index is 13.2. The topological polar surface area (TPSA) is 70.1 Å². The molecule has 0 aliphatic carbocycles. The maximum absolute atomic E-state index is 13.2. The van der Waals surface area contributed by atoms with Gasteiger partial charge in [-0.25, -0.2) is 0 Å². The standard InChI is InChI=1S/C31H34N2O4/c1-4-32(5-2)18-19-33-28(24-12-7-6-8-13-24)27(30(35)31(33)36)29(34)25-14-16-26(17-15-25)37-21-23-11-9-10-22(3)20-23/h6-17,20,28,34H,4-5,18-19,21H2,1-3H3/t28-/m0/s1. The summed E-state index contributed by atoms with van der Waals surface area (Å²) >= 11 is 0. The maximum Gasteiger partial charge on any atom is 0.295 e. The molecule has 1 aliphatic rings. The predicted molar refractivity (Wildman–Crippen MR) is 145 cm³/mol. The Bertz CT molecular complexity index is 1260. The lowest BCUT2D eigenvalue weighted by Crippen LogP contribution is -2.38. The molecule has 4 rings (SSSR count). The molecule has 0 spiro atoms. The molecule has 6 heteroatoms. The summed E-state index contributed by atoms with van der Waals surface area (Å²) in [4.78, 5) is 30.1. The number of rotatable bonds is 10. The number of aliphatic hydroxyl groups excluding tert-OH is 1. The molecule has 0 bridgehead atoms. The molecule has 1 heterocycles. The van der Waals surface area contributed by atoms with Crippen LogP contribution in [-0.2, 0) is 16.2 Å². The van der Waals surface area contributed by atoms with Gasteiger partial charge in [0.15, 0.2) is 0 Å². The second kappa shape index (κ2) is 11.9. The van der Waals surface area contributed by atoms with Gasteiger partial charge in [0.1, 0.15) is 18.1 Å².